The third kappa shape index (κ3) is 4.65. The zero-order chi connectivity index (χ0) is 26.7. The molecule has 0 bridgehead atoms. The second-order valence-corrected chi connectivity index (χ2v) is 8.51. The van der Waals surface area contributed by atoms with E-state index in [-0.39, 0.29) is 18.2 Å². The fraction of sp³-hybridized carbons (Fsp3) is 0.259. The maximum Gasteiger partial charge on any atom is 0.322 e. The molecule has 1 aliphatic rings. The number of methoxy groups -OCH3 is 1. The number of amides is 4. The molecule has 3 N–H and O–H groups in total. The molecule has 1 atom stereocenters. The van der Waals surface area contributed by atoms with Crippen molar-refractivity contribution in [2.24, 2.45) is 0 Å². The van der Waals surface area contributed by atoms with Crippen LogP contribution in [0.5, 0.6) is 5.75 Å². The Bertz CT molecular complexity index is 1460. The highest BCUT2D eigenvalue weighted by Gasteiger charge is 2.51. The van der Waals surface area contributed by atoms with Crippen LogP contribution in [0.15, 0.2) is 59.3 Å². The molecule has 2 aromatic heterocycles. The first-order chi connectivity index (χ1) is 17.8. The number of nitrogens with one attached hydrogen (secondary N) is 3. The van der Waals surface area contributed by atoms with Crippen LogP contribution in [0.3, 0.4) is 0 Å². The fourth-order valence-corrected chi connectivity index (χ4v) is 4.29. The summed E-state index contributed by atoms with van der Waals surface area (Å²) < 4.78 is 11.3. The van der Waals surface area contributed by atoms with Crippen molar-refractivity contribution in [3.05, 3.63) is 71.7 Å². The second-order valence-electron chi connectivity index (χ2n) is 8.51. The predicted molar refractivity (Wildman–Crippen MR) is 138 cm³/mol. The number of furan rings is 1. The first kappa shape index (κ1) is 25.5. The molecular weight excluding hydrogens is 474 g/mol. The molecule has 0 radical (unpaired) electrons. The molecule has 4 aromatic rings. The lowest BCUT2D eigenvalue weighted by molar-refractivity contribution is -0.125. The molecule has 10 heteroatoms. The van der Waals surface area contributed by atoms with Crippen LogP contribution in [-0.4, -0.2) is 53.6 Å². The number of ether oxygens (including phenoxy) is 1. The Balaban J connectivity index is 0.00000156. The number of H-pyrrole nitrogens is 1. The number of carbonyl (C=O) groups is 3. The number of aryl methyl sites for hydroxylation is 1. The topological polar surface area (TPSA) is 130 Å². The number of fused-ring (bicyclic) bond motifs is 1. The molecule has 10 nitrogen and oxygen atoms in total. The predicted octanol–water partition coefficient (Wildman–Crippen LogP) is 3.97. The number of likely N-dealkylation sites (N-methyl/N-ethyl adjacent to an activating group) is 1. The Hall–Kier alpha value is -4.60. The second kappa shape index (κ2) is 10.2. The van der Waals surface area contributed by atoms with E-state index >= 15 is 0 Å². The Labute approximate surface area is 214 Å². The van der Waals surface area contributed by atoms with Crippen molar-refractivity contribution in [3.63, 3.8) is 0 Å². The molecule has 0 aliphatic carbocycles. The Kier molecular flexibility index (Phi) is 7.01. The normalized spacial score (nSPS) is 16.6. The van der Waals surface area contributed by atoms with Gasteiger partial charge in [0.2, 0.25) is 0 Å². The van der Waals surface area contributed by atoms with Gasteiger partial charge >= 0.3 is 6.03 Å². The Morgan fingerprint density at radius 3 is 2.54 bits per heavy atom. The average molecular weight is 504 g/mol. The van der Waals surface area contributed by atoms with Gasteiger partial charge in [-0.1, -0.05) is 26.0 Å². The number of urea groups is 1. The quantitative estimate of drug-likeness (QED) is 0.342. The van der Waals surface area contributed by atoms with E-state index in [0.29, 0.717) is 16.9 Å². The summed E-state index contributed by atoms with van der Waals surface area (Å²) in [7, 11) is 3.09. The monoisotopic (exact) mass is 503 g/mol. The summed E-state index contributed by atoms with van der Waals surface area (Å²) in [5.41, 5.74) is 1.94. The summed E-state index contributed by atoms with van der Waals surface area (Å²) >= 11 is 0. The number of rotatable bonds is 6. The molecule has 3 heterocycles. The van der Waals surface area contributed by atoms with Gasteiger partial charge in [0.25, 0.3) is 11.8 Å². The van der Waals surface area contributed by atoms with Gasteiger partial charge in [-0.2, -0.15) is 5.10 Å². The van der Waals surface area contributed by atoms with Gasteiger partial charge in [0.1, 0.15) is 17.1 Å². The number of hydrogen-bond donors (Lipinski definition) is 3. The SMILES string of the molecule is CC.COc1ccc(C)c(C(=O)N(C)C[C@@]2(c3cc4cc(-c5cn[nH]c5)ccc4o3)NC(=O)NC2=O)c1. The van der Waals surface area contributed by atoms with Crippen molar-refractivity contribution in [2.75, 3.05) is 20.7 Å². The summed E-state index contributed by atoms with van der Waals surface area (Å²) in [6.45, 7) is 5.67. The molecule has 0 saturated carbocycles. The van der Waals surface area contributed by atoms with Crippen LogP contribution in [-0.2, 0) is 10.3 Å². The van der Waals surface area contributed by atoms with E-state index < -0.39 is 17.5 Å². The zero-order valence-corrected chi connectivity index (χ0v) is 21.3. The zero-order valence-electron chi connectivity index (χ0n) is 21.3. The van der Waals surface area contributed by atoms with Crippen molar-refractivity contribution < 1.29 is 23.5 Å². The van der Waals surface area contributed by atoms with Crippen molar-refractivity contribution in [1.29, 1.82) is 0 Å². The number of aromatic amines is 1. The minimum absolute atomic E-state index is 0.144. The number of aromatic nitrogens is 2. The van der Waals surface area contributed by atoms with Crippen LogP contribution >= 0.6 is 0 Å². The summed E-state index contributed by atoms with van der Waals surface area (Å²) in [5.74, 6) is -0.159. The molecule has 192 valence electrons. The van der Waals surface area contributed by atoms with Gasteiger partial charge in [-0.05, 0) is 48.4 Å². The van der Waals surface area contributed by atoms with E-state index in [1.165, 1.54) is 12.0 Å². The lowest BCUT2D eigenvalue weighted by Gasteiger charge is -2.29. The molecule has 1 aliphatic heterocycles. The van der Waals surface area contributed by atoms with Crippen LogP contribution < -0.4 is 15.4 Å². The van der Waals surface area contributed by atoms with E-state index in [9.17, 15) is 14.4 Å². The molecule has 5 rings (SSSR count). The van der Waals surface area contributed by atoms with E-state index in [2.05, 4.69) is 20.8 Å². The lowest BCUT2D eigenvalue weighted by Crippen LogP contribution is -2.52. The van der Waals surface area contributed by atoms with Crippen LogP contribution in [0, 0.1) is 6.92 Å². The summed E-state index contributed by atoms with van der Waals surface area (Å²) in [4.78, 5) is 40.0. The van der Waals surface area contributed by atoms with Crippen LogP contribution in [0.25, 0.3) is 22.1 Å². The first-order valence-electron chi connectivity index (χ1n) is 11.9. The van der Waals surface area contributed by atoms with Gasteiger partial charge < -0.3 is 19.4 Å². The molecule has 1 saturated heterocycles. The van der Waals surface area contributed by atoms with Gasteiger partial charge in [0, 0.05) is 29.8 Å². The molecule has 0 spiro atoms. The Morgan fingerprint density at radius 2 is 1.89 bits per heavy atom. The summed E-state index contributed by atoms with van der Waals surface area (Å²) in [6, 6.07) is 11.8. The number of carbonyl (C=O) groups excluding carboxylic acids is 3. The highest BCUT2D eigenvalue weighted by atomic mass is 16.5. The number of imide groups is 1. The van der Waals surface area contributed by atoms with Crippen molar-refractivity contribution in [2.45, 2.75) is 26.3 Å². The van der Waals surface area contributed by atoms with Crippen LogP contribution in [0.4, 0.5) is 4.79 Å². The van der Waals surface area contributed by atoms with Gasteiger partial charge in [0.15, 0.2) is 5.54 Å². The van der Waals surface area contributed by atoms with E-state index in [1.54, 1.807) is 49.8 Å². The van der Waals surface area contributed by atoms with Crippen molar-refractivity contribution >= 4 is 28.8 Å². The average Bonchev–Trinajstić information content (AvgIpc) is 3.64. The number of nitrogens with zero attached hydrogens (tertiary/aromatic N) is 2. The minimum atomic E-state index is -1.59. The smallest absolute Gasteiger partial charge is 0.322 e. The highest BCUT2D eigenvalue weighted by Crippen LogP contribution is 2.34. The Morgan fingerprint density at radius 1 is 1.11 bits per heavy atom. The molecule has 0 unspecified atom stereocenters. The van der Waals surface area contributed by atoms with Crippen molar-refractivity contribution in [3.8, 4) is 16.9 Å². The molecule has 4 amide bonds. The van der Waals surface area contributed by atoms with Crippen molar-refractivity contribution in [1.82, 2.24) is 25.7 Å². The number of hydrogen-bond acceptors (Lipinski definition) is 6. The first-order valence-corrected chi connectivity index (χ1v) is 11.9. The third-order valence-corrected chi connectivity index (χ3v) is 6.21. The van der Waals surface area contributed by atoms with Gasteiger partial charge in [-0.15, -0.1) is 0 Å². The van der Waals surface area contributed by atoms with Gasteiger partial charge in [0.05, 0.1) is 19.9 Å². The summed E-state index contributed by atoms with van der Waals surface area (Å²) in [6.07, 6.45) is 3.48. The molecule has 2 aromatic carbocycles. The third-order valence-electron chi connectivity index (χ3n) is 6.21. The summed E-state index contributed by atoms with van der Waals surface area (Å²) in [5, 5.41) is 12.5. The largest absolute Gasteiger partial charge is 0.497 e. The maximum absolute atomic E-state index is 13.3. The highest BCUT2D eigenvalue weighted by molar-refractivity contribution is 6.08. The van der Waals surface area contributed by atoms with E-state index in [4.69, 9.17) is 9.15 Å². The minimum Gasteiger partial charge on any atom is -0.497 e. The maximum atomic E-state index is 13.3. The molecular formula is C27H29N5O5. The van der Waals surface area contributed by atoms with Gasteiger partial charge in [-0.25, -0.2) is 4.79 Å². The molecule has 37 heavy (non-hydrogen) atoms. The van der Waals surface area contributed by atoms with Crippen LogP contribution in [0.1, 0.15) is 35.5 Å². The fourth-order valence-electron chi connectivity index (χ4n) is 4.29. The molecule has 1 fully saturated rings. The van der Waals surface area contributed by atoms with E-state index in [0.717, 1.165) is 22.1 Å². The van der Waals surface area contributed by atoms with E-state index in [1.807, 2.05) is 32.9 Å². The van der Waals surface area contributed by atoms with Crippen LogP contribution in [0.2, 0.25) is 0 Å². The van der Waals surface area contributed by atoms with Gasteiger partial charge in [-0.3, -0.25) is 20.0 Å². The number of benzene rings is 2. The standard InChI is InChI=1S/C25H23N5O5.C2H6/c1-14-4-6-18(34-3)10-19(14)22(31)30(2)13-25(23(32)28-24(33)29-25)21-9-16-8-15(5-7-20(16)35-21)17-11-26-27-12-17;1-2/h4-12H,13H2,1-3H3,(H,26,27)(H2,28,29,32,33);1-2H3/t25-;/m0./s1. The lowest BCUT2D eigenvalue weighted by atomic mass is 9.94.